The number of carboxylic acid groups (broad SMARTS) is 2. The van der Waals surface area contributed by atoms with E-state index in [1.54, 1.807) is 0 Å². The van der Waals surface area contributed by atoms with E-state index >= 15 is 0 Å². The number of hydrogen-bond acceptors (Lipinski definition) is 2. The number of fused-ring (bicyclic) bond motifs is 1. The highest BCUT2D eigenvalue weighted by Crippen LogP contribution is 2.59. The molecule has 0 saturated heterocycles. The van der Waals surface area contributed by atoms with Gasteiger partial charge < -0.3 is 10.2 Å². The predicted molar refractivity (Wildman–Crippen MR) is 106 cm³/mol. The SMILES string of the molecule is O=C(O)C1CCCC2C1CCC(C(=O)O)C2(c1ccccc1)c1ccccc1. The van der Waals surface area contributed by atoms with E-state index in [0.29, 0.717) is 19.3 Å². The fourth-order valence-electron chi connectivity index (χ4n) is 6.13. The molecule has 4 heteroatoms. The third kappa shape index (κ3) is 2.83. The fraction of sp³-hybridized carbons (Fsp3) is 0.417. The van der Waals surface area contributed by atoms with Crippen LogP contribution in [0.4, 0.5) is 0 Å². The summed E-state index contributed by atoms with van der Waals surface area (Å²) in [5, 5.41) is 20.1. The van der Waals surface area contributed by atoms with Crippen molar-refractivity contribution in [2.75, 3.05) is 0 Å². The van der Waals surface area contributed by atoms with Gasteiger partial charge in [-0.1, -0.05) is 67.1 Å². The van der Waals surface area contributed by atoms with Gasteiger partial charge in [-0.3, -0.25) is 9.59 Å². The largest absolute Gasteiger partial charge is 0.481 e. The maximum absolute atomic E-state index is 12.5. The van der Waals surface area contributed by atoms with E-state index in [-0.39, 0.29) is 17.8 Å². The van der Waals surface area contributed by atoms with Crippen molar-refractivity contribution < 1.29 is 19.8 Å². The molecule has 2 saturated carbocycles. The Morgan fingerprint density at radius 3 is 1.82 bits per heavy atom. The monoisotopic (exact) mass is 378 g/mol. The molecule has 2 aliphatic carbocycles. The van der Waals surface area contributed by atoms with Crippen molar-refractivity contribution in [1.29, 1.82) is 0 Å². The average Bonchev–Trinajstić information content (AvgIpc) is 2.73. The van der Waals surface area contributed by atoms with Crippen molar-refractivity contribution in [1.82, 2.24) is 0 Å². The molecule has 0 bridgehead atoms. The molecular weight excluding hydrogens is 352 g/mol. The first kappa shape index (κ1) is 18.7. The zero-order valence-electron chi connectivity index (χ0n) is 15.8. The van der Waals surface area contributed by atoms with Gasteiger partial charge in [0.2, 0.25) is 0 Å². The van der Waals surface area contributed by atoms with Crippen LogP contribution >= 0.6 is 0 Å². The smallest absolute Gasteiger partial charge is 0.307 e. The van der Waals surface area contributed by atoms with Crippen LogP contribution in [0.3, 0.4) is 0 Å². The molecule has 2 fully saturated rings. The average molecular weight is 378 g/mol. The second-order valence-corrected chi connectivity index (χ2v) is 8.22. The standard InChI is InChI=1S/C24H26O4/c25-22(26)19-12-7-13-20-18(19)14-15-21(23(27)28)24(20,16-8-3-1-4-9-16)17-10-5-2-6-11-17/h1-6,8-11,18-21H,7,12-15H2,(H,25,26)(H,27,28). The van der Waals surface area contributed by atoms with Gasteiger partial charge in [0.1, 0.15) is 0 Å². The summed E-state index contributed by atoms with van der Waals surface area (Å²) < 4.78 is 0. The molecule has 4 rings (SSSR count). The van der Waals surface area contributed by atoms with Gasteiger partial charge >= 0.3 is 11.9 Å². The number of rotatable bonds is 4. The van der Waals surface area contributed by atoms with Crippen molar-refractivity contribution in [3.05, 3.63) is 71.8 Å². The molecule has 0 spiro atoms. The summed E-state index contributed by atoms with van der Waals surface area (Å²) in [4.78, 5) is 24.5. The highest BCUT2D eigenvalue weighted by atomic mass is 16.4. The van der Waals surface area contributed by atoms with E-state index < -0.39 is 23.3 Å². The number of aliphatic carboxylic acids is 2. The van der Waals surface area contributed by atoms with E-state index in [1.807, 2.05) is 60.7 Å². The van der Waals surface area contributed by atoms with Crippen LogP contribution in [-0.4, -0.2) is 22.2 Å². The van der Waals surface area contributed by atoms with Crippen LogP contribution in [0, 0.1) is 23.7 Å². The summed E-state index contributed by atoms with van der Waals surface area (Å²) >= 11 is 0. The molecule has 4 atom stereocenters. The minimum absolute atomic E-state index is 0.00185. The first-order valence-electron chi connectivity index (χ1n) is 10.1. The molecule has 28 heavy (non-hydrogen) atoms. The van der Waals surface area contributed by atoms with Crippen LogP contribution in [0.1, 0.15) is 43.2 Å². The molecule has 2 aromatic carbocycles. The van der Waals surface area contributed by atoms with Crippen molar-refractivity contribution in [3.63, 3.8) is 0 Å². The zero-order chi connectivity index (χ0) is 19.7. The van der Waals surface area contributed by atoms with Gasteiger partial charge in [-0.15, -0.1) is 0 Å². The van der Waals surface area contributed by atoms with Gasteiger partial charge in [-0.25, -0.2) is 0 Å². The Balaban J connectivity index is 1.98. The Labute approximate surface area is 165 Å². The molecule has 0 amide bonds. The Morgan fingerprint density at radius 2 is 1.32 bits per heavy atom. The molecule has 2 aliphatic rings. The lowest BCUT2D eigenvalue weighted by molar-refractivity contribution is -0.153. The number of hydrogen-bond donors (Lipinski definition) is 2. The van der Waals surface area contributed by atoms with Gasteiger partial charge in [-0.05, 0) is 48.6 Å². The lowest BCUT2D eigenvalue weighted by Gasteiger charge is -2.55. The van der Waals surface area contributed by atoms with Gasteiger partial charge in [0, 0.05) is 5.41 Å². The third-order valence-corrected chi connectivity index (χ3v) is 7.11. The molecule has 0 aliphatic heterocycles. The van der Waals surface area contributed by atoms with Crippen LogP contribution in [-0.2, 0) is 15.0 Å². The zero-order valence-corrected chi connectivity index (χ0v) is 15.8. The van der Waals surface area contributed by atoms with Crippen molar-refractivity contribution in [3.8, 4) is 0 Å². The maximum Gasteiger partial charge on any atom is 0.307 e. The highest BCUT2D eigenvalue weighted by Gasteiger charge is 2.58. The first-order valence-corrected chi connectivity index (χ1v) is 10.1. The molecule has 0 radical (unpaired) electrons. The molecule has 2 aromatic rings. The Hall–Kier alpha value is -2.62. The number of benzene rings is 2. The Morgan fingerprint density at radius 1 is 0.750 bits per heavy atom. The van der Waals surface area contributed by atoms with Gasteiger partial charge in [0.25, 0.3) is 0 Å². The molecular formula is C24H26O4. The van der Waals surface area contributed by atoms with Gasteiger partial charge in [0.15, 0.2) is 0 Å². The van der Waals surface area contributed by atoms with Crippen LogP contribution in [0.5, 0.6) is 0 Å². The Bertz CT molecular complexity index is 806. The number of carbonyl (C=O) groups is 2. The van der Waals surface area contributed by atoms with Crippen LogP contribution in [0.15, 0.2) is 60.7 Å². The summed E-state index contributed by atoms with van der Waals surface area (Å²) in [5.74, 6) is -2.47. The maximum atomic E-state index is 12.5. The quantitative estimate of drug-likeness (QED) is 0.816. The topological polar surface area (TPSA) is 74.6 Å². The second kappa shape index (κ2) is 7.42. The molecule has 146 valence electrons. The van der Waals surface area contributed by atoms with E-state index in [4.69, 9.17) is 0 Å². The third-order valence-electron chi connectivity index (χ3n) is 7.11. The summed E-state index contributed by atoms with van der Waals surface area (Å²) in [7, 11) is 0. The lowest BCUT2D eigenvalue weighted by Crippen LogP contribution is -2.55. The molecule has 2 N–H and O–H groups in total. The highest BCUT2D eigenvalue weighted by molar-refractivity contribution is 5.75. The summed E-state index contributed by atoms with van der Waals surface area (Å²) in [6.07, 6.45) is 3.55. The molecule has 0 heterocycles. The summed E-state index contributed by atoms with van der Waals surface area (Å²) in [5.41, 5.74) is 1.29. The Kier molecular flexibility index (Phi) is 4.96. The second-order valence-electron chi connectivity index (χ2n) is 8.22. The summed E-state index contributed by atoms with van der Waals surface area (Å²) in [6.45, 7) is 0. The van der Waals surface area contributed by atoms with E-state index in [9.17, 15) is 19.8 Å². The van der Waals surface area contributed by atoms with Crippen LogP contribution in [0.2, 0.25) is 0 Å². The lowest BCUT2D eigenvalue weighted by atomic mass is 9.47. The van der Waals surface area contributed by atoms with Crippen LogP contribution in [0.25, 0.3) is 0 Å². The summed E-state index contributed by atoms with van der Waals surface area (Å²) in [6, 6.07) is 19.8. The van der Waals surface area contributed by atoms with E-state index in [1.165, 1.54) is 0 Å². The molecule has 0 aromatic heterocycles. The van der Waals surface area contributed by atoms with E-state index in [0.717, 1.165) is 24.0 Å². The normalized spacial score (nSPS) is 28.9. The first-order chi connectivity index (χ1) is 13.6. The molecule has 4 nitrogen and oxygen atoms in total. The fourth-order valence-corrected chi connectivity index (χ4v) is 6.13. The minimum atomic E-state index is -0.788. The van der Waals surface area contributed by atoms with Crippen molar-refractivity contribution in [2.45, 2.75) is 37.5 Å². The van der Waals surface area contributed by atoms with Crippen LogP contribution < -0.4 is 0 Å². The minimum Gasteiger partial charge on any atom is -0.481 e. The van der Waals surface area contributed by atoms with E-state index in [2.05, 4.69) is 0 Å². The number of carboxylic acids is 2. The van der Waals surface area contributed by atoms with Crippen molar-refractivity contribution in [2.24, 2.45) is 23.7 Å². The van der Waals surface area contributed by atoms with Gasteiger partial charge in [0.05, 0.1) is 11.8 Å². The predicted octanol–water partition coefficient (Wildman–Crippen LogP) is 4.58. The van der Waals surface area contributed by atoms with Crippen molar-refractivity contribution >= 4 is 11.9 Å². The molecule has 4 unspecified atom stereocenters. The van der Waals surface area contributed by atoms with Gasteiger partial charge in [-0.2, -0.15) is 0 Å².